The summed E-state index contributed by atoms with van der Waals surface area (Å²) in [5, 5.41) is 4.94. The van der Waals surface area contributed by atoms with Gasteiger partial charge >= 0.3 is 0 Å². The van der Waals surface area contributed by atoms with Gasteiger partial charge in [-0.15, -0.1) is 0 Å². The van der Waals surface area contributed by atoms with E-state index in [0.29, 0.717) is 17.5 Å². The van der Waals surface area contributed by atoms with Gasteiger partial charge in [0.1, 0.15) is 0 Å². The third-order valence-corrected chi connectivity index (χ3v) is 12.9. The summed E-state index contributed by atoms with van der Waals surface area (Å²) in [4.78, 5) is 15.3. The molecule has 1 atom stereocenters. The second kappa shape index (κ2) is 14.1. The first-order valence-corrected chi connectivity index (χ1v) is 21.5. The highest BCUT2D eigenvalue weighted by Crippen LogP contribution is 2.50. The Kier molecular flexibility index (Phi) is 7.90. The fraction of sp³-hybridized carbons (Fsp3) is 0.0172. The number of aromatic nitrogens is 5. The molecule has 0 amide bonds. The Morgan fingerprint density at radius 3 is 1.48 bits per heavy atom. The number of rotatable bonds is 6. The van der Waals surface area contributed by atoms with Crippen LogP contribution in [0.25, 0.3) is 100 Å². The van der Waals surface area contributed by atoms with Crippen LogP contribution in [0.15, 0.2) is 218 Å². The van der Waals surface area contributed by atoms with Crippen LogP contribution in [0, 0.1) is 0 Å². The molecule has 0 aliphatic heterocycles. The standard InChI is InChI=1S/C58H37N5/c1-3-17-37(18-4-1)56-59-57(38-19-5-2-6-20-38)61-58(60-56)47-26-12-16-30-53(47)63-52-29-15-11-24-44(52)49-35-39(31-34-54(49)63)55-45-25-8-7-21-41(45)48-36-40(32-33-46(48)55)62-50-27-13-9-22-42(50)43-23-10-14-28-51(43)62/h1-36,55H. The van der Waals surface area contributed by atoms with Crippen molar-refractivity contribution in [1.29, 1.82) is 0 Å². The molecule has 0 N–H and O–H groups in total. The Labute approximate surface area is 363 Å². The second-order valence-electron chi connectivity index (χ2n) is 16.3. The lowest BCUT2D eigenvalue weighted by Crippen LogP contribution is -2.03. The third-order valence-electron chi connectivity index (χ3n) is 12.9. The van der Waals surface area contributed by atoms with Crippen molar-refractivity contribution in [2.24, 2.45) is 0 Å². The van der Waals surface area contributed by atoms with Crippen LogP contribution in [-0.2, 0) is 0 Å². The Bertz CT molecular complexity index is 3640. The van der Waals surface area contributed by atoms with Crippen molar-refractivity contribution in [2.75, 3.05) is 0 Å². The van der Waals surface area contributed by atoms with Gasteiger partial charge in [0.25, 0.3) is 0 Å². The monoisotopic (exact) mass is 803 g/mol. The van der Waals surface area contributed by atoms with E-state index >= 15 is 0 Å². The van der Waals surface area contributed by atoms with Crippen molar-refractivity contribution in [2.45, 2.75) is 5.92 Å². The Morgan fingerprint density at radius 2 is 0.810 bits per heavy atom. The summed E-state index contributed by atoms with van der Waals surface area (Å²) in [5.41, 5.74) is 16.2. The highest BCUT2D eigenvalue weighted by molar-refractivity contribution is 6.11. The minimum absolute atomic E-state index is 0.0835. The first-order chi connectivity index (χ1) is 31.3. The highest BCUT2D eigenvalue weighted by Gasteiger charge is 2.31. The zero-order valence-corrected chi connectivity index (χ0v) is 34.1. The molecule has 12 aromatic rings. The molecule has 294 valence electrons. The van der Waals surface area contributed by atoms with E-state index < -0.39 is 0 Å². The Balaban J connectivity index is 0.973. The van der Waals surface area contributed by atoms with Crippen LogP contribution in [0.1, 0.15) is 22.6 Å². The SMILES string of the molecule is c1ccc(-c2nc(-c3ccccc3)nc(-c3ccccc3-n3c4ccccc4c4cc(C5c6ccccc6-c6cc(-n7c8ccccc8c8ccccc87)ccc65)ccc43)n2)cc1. The smallest absolute Gasteiger partial charge is 0.166 e. The molecule has 63 heavy (non-hydrogen) atoms. The van der Waals surface area contributed by atoms with Gasteiger partial charge in [-0.1, -0.05) is 164 Å². The Morgan fingerprint density at radius 1 is 0.317 bits per heavy atom. The summed E-state index contributed by atoms with van der Waals surface area (Å²) in [7, 11) is 0. The van der Waals surface area contributed by atoms with Gasteiger partial charge in [-0.2, -0.15) is 0 Å². The van der Waals surface area contributed by atoms with Crippen LogP contribution >= 0.6 is 0 Å². The normalized spacial score (nSPS) is 13.2. The maximum atomic E-state index is 5.15. The predicted octanol–water partition coefficient (Wildman–Crippen LogP) is 14.2. The zero-order valence-electron chi connectivity index (χ0n) is 34.1. The van der Waals surface area contributed by atoms with Gasteiger partial charge in [-0.3, -0.25) is 0 Å². The van der Waals surface area contributed by atoms with E-state index in [9.17, 15) is 0 Å². The summed E-state index contributed by atoms with van der Waals surface area (Å²) >= 11 is 0. The molecule has 13 rings (SSSR count). The van der Waals surface area contributed by atoms with Crippen LogP contribution < -0.4 is 0 Å². The predicted molar refractivity (Wildman–Crippen MR) is 258 cm³/mol. The van der Waals surface area contributed by atoms with E-state index in [-0.39, 0.29) is 5.92 Å². The van der Waals surface area contributed by atoms with Crippen molar-refractivity contribution in [3.8, 4) is 56.7 Å². The van der Waals surface area contributed by atoms with Crippen LogP contribution in [-0.4, -0.2) is 24.1 Å². The van der Waals surface area contributed by atoms with E-state index in [1.54, 1.807) is 0 Å². The molecule has 1 unspecified atom stereocenters. The largest absolute Gasteiger partial charge is 0.309 e. The van der Waals surface area contributed by atoms with Gasteiger partial charge in [0.2, 0.25) is 0 Å². The van der Waals surface area contributed by atoms with Gasteiger partial charge in [-0.25, -0.2) is 15.0 Å². The lowest BCUT2D eigenvalue weighted by Gasteiger charge is -2.17. The average Bonchev–Trinajstić information content (AvgIpc) is 3.99. The van der Waals surface area contributed by atoms with Gasteiger partial charge < -0.3 is 9.13 Å². The minimum atomic E-state index is 0.0835. The van der Waals surface area contributed by atoms with Crippen LogP contribution in [0.2, 0.25) is 0 Å². The third kappa shape index (κ3) is 5.53. The summed E-state index contributed by atoms with van der Waals surface area (Å²) in [6.45, 7) is 0. The topological polar surface area (TPSA) is 48.5 Å². The molecule has 5 nitrogen and oxygen atoms in total. The zero-order chi connectivity index (χ0) is 41.4. The number of benzene rings is 9. The van der Waals surface area contributed by atoms with E-state index in [2.05, 4.69) is 191 Å². The Hall–Kier alpha value is -8.41. The summed E-state index contributed by atoms with van der Waals surface area (Å²) in [6, 6.07) is 78.1. The molecular weight excluding hydrogens is 767 g/mol. The fourth-order valence-corrected chi connectivity index (χ4v) is 10.1. The molecule has 9 aromatic carbocycles. The average molecular weight is 804 g/mol. The molecule has 0 radical (unpaired) electrons. The highest BCUT2D eigenvalue weighted by atomic mass is 15.1. The molecular formula is C58H37N5. The summed E-state index contributed by atoms with van der Waals surface area (Å²) in [5.74, 6) is 1.99. The van der Waals surface area contributed by atoms with Crippen LogP contribution in [0.5, 0.6) is 0 Å². The lowest BCUT2D eigenvalue weighted by molar-refractivity contribution is 1.02. The van der Waals surface area contributed by atoms with Crippen LogP contribution in [0.4, 0.5) is 0 Å². The molecule has 3 heterocycles. The number of para-hydroxylation sites is 4. The van der Waals surface area contributed by atoms with E-state index in [1.807, 2.05) is 36.4 Å². The fourth-order valence-electron chi connectivity index (χ4n) is 10.1. The molecule has 0 saturated heterocycles. The van der Waals surface area contributed by atoms with Crippen molar-refractivity contribution in [3.63, 3.8) is 0 Å². The first kappa shape index (κ1) is 35.4. The number of hydrogen-bond donors (Lipinski definition) is 0. The van der Waals surface area contributed by atoms with E-state index in [1.165, 1.54) is 66.1 Å². The molecule has 1 aliphatic carbocycles. The van der Waals surface area contributed by atoms with Crippen molar-refractivity contribution < 1.29 is 0 Å². The molecule has 0 bridgehead atoms. The first-order valence-electron chi connectivity index (χ1n) is 21.5. The lowest BCUT2D eigenvalue weighted by atomic mass is 9.88. The molecule has 0 spiro atoms. The minimum Gasteiger partial charge on any atom is -0.309 e. The summed E-state index contributed by atoms with van der Waals surface area (Å²) in [6.07, 6.45) is 0. The van der Waals surface area contributed by atoms with E-state index in [4.69, 9.17) is 15.0 Å². The van der Waals surface area contributed by atoms with E-state index in [0.717, 1.165) is 33.4 Å². The van der Waals surface area contributed by atoms with Gasteiger partial charge in [0.05, 0.1) is 27.8 Å². The van der Waals surface area contributed by atoms with Crippen molar-refractivity contribution in [3.05, 3.63) is 235 Å². The van der Waals surface area contributed by atoms with Gasteiger partial charge in [0, 0.05) is 49.8 Å². The van der Waals surface area contributed by atoms with Crippen molar-refractivity contribution in [1.82, 2.24) is 24.1 Å². The van der Waals surface area contributed by atoms with Gasteiger partial charge in [-0.05, 0) is 82.4 Å². The molecule has 0 saturated carbocycles. The second-order valence-corrected chi connectivity index (χ2v) is 16.3. The molecule has 5 heteroatoms. The maximum absolute atomic E-state index is 5.15. The van der Waals surface area contributed by atoms with Crippen molar-refractivity contribution >= 4 is 43.6 Å². The summed E-state index contributed by atoms with van der Waals surface area (Å²) < 4.78 is 4.80. The number of fused-ring (bicyclic) bond motifs is 9. The molecule has 3 aromatic heterocycles. The number of hydrogen-bond acceptors (Lipinski definition) is 3. The number of nitrogens with zero attached hydrogens (tertiary/aromatic N) is 5. The van der Waals surface area contributed by atoms with Crippen LogP contribution in [0.3, 0.4) is 0 Å². The maximum Gasteiger partial charge on any atom is 0.166 e. The van der Waals surface area contributed by atoms with Gasteiger partial charge in [0.15, 0.2) is 17.5 Å². The quantitative estimate of drug-likeness (QED) is 0.168. The molecule has 0 fully saturated rings. The molecule has 1 aliphatic rings.